The Morgan fingerprint density at radius 3 is 2.55 bits per heavy atom. The van der Waals surface area contributed by atoms with E-state index in [1.807, 2.05) is 12.1 Å². The molecular formula is C19H23NO2. The van der Waals surface area contributed by atoms with Gasteiger partial charge in [-0.15, -0.1) is 0 Å². The number of benzene rings is 2. The van der Waals surface area contributed by atoms with Gasteiger partial charge in [0.05, 0.1) is 19.8 Å². The number of hydrogen-bond donors (Lipinski definition) is 1. The van der Waals surface area contributed by atoms with E-state index in [2.05, 4.69) is 47.8 Å². The molecule has 1 N–H and O–H groups in total. The Bertz CT molecular complexity index is 568. The summed E-state index contributed by atoms with van der Waals surface area (Å²) in [5.74, 6) is 1.35. The van der Waals surface area contributed by atoms with Gasteiger partial charge >= 0.3 is 0 Å². The van der Waals surface area contributed by atoms with Crippen LogP contribution in [0.2, 0.25) is 0 Å². The molecule has 2 aromatic rings. The van der Waals surface area contributed by atoms with Crippen LogP contribution in [0.1, 0.15) is 23.5 Å². The summed E-state index contributed by atoms with van der Waals surface area (Å²) in [6, 6.07) is 18.8. The molecule has 22 heavy (non-hydrogen) atoms. The van der Waals surface area contributed by atoms with Crippen LogP contribution in [0, 0.1) is 0 Å². The summed E-state index contributed by atoms with van der Waals surface area (Å²) >= 11 is 0. The minimum absolute atomic E-state index is 0.221. The predicted molar refractivity (Wildman–Crippen MR) is 88.2 cm³/mol. The third kappa shape index (κ3) is 3.67. The molecule has 2 aromatic carbocycles. The molecule has 0 aliphatic carbocycles. The summed E-state index contributed by atoms with van der Waals surface area (Å²) in [6.07, 6.45) is 1.34. The van der Waals surface area contributed by atoms with E-state index in [1.165, 1.54) is 11.1 Å². The van der Waals surface area contributed by atoms with E-state index in [0.717, 1.165) is 25.3 Å². The van der Waals surface area contributed by atoms with Gasteiger partial charge in [0.2, 0.25) is 0 Å². The molecule has 1 fully saturated rings. The minimum atomic E-state index is 0.221. The van der Waals surface area contributed by atoms with Gasteiger partial charge in [0.15, 0.2) is 0 Å². The first kappa shape index (κ1) is 15.1. The summed E-state index contributed by atoms with van der Waals surface area (Å²) in [6.45, 7) is 2.61. The Labute approximate surface area is 132 Å². The summed E-state index contributed by atoms with van der Waals surface area (Å²) < 4.78 is 11.4. The number of nitrogens with one attached hydrogen (secondary N) is 1. The molecule has 3 nitrogen and oxygen atoms in total. The number of methoxy groups -OCH3 is 1. The zero-order valence-electron chi connectivity index (χ0n) is 13.0. The third-order valence-corrected chi connectivity index (χ3v) is 4.28. The smallest absolute Gasteiger partial charge is 0.118 e. The predicted octanol–water partition coefficient (Wildman–Crippen LogP) is 3.36. The van der Waals surface area contributed by atoms with Crippen LogP contribution in [-0.2, 0) is 11.3 Å². The Kier molecular flexibility index (Phi) is 5.09. The molecule has 0 amide bonds. The fourth-order valence-corrected chi connectivity index (χ4v) is 3.01. The van der Waals surface area contributed by atoms with E-state index < -0.39 is 0 Å². The first-order chi connectivity index (χ1) is 10.9. The van der Waals surface area contributed by atoms with Crippen LogP contribution < -0.4 is 10.1 Å². The van der Waals surface area contributed by atoms with Crippen LogP contribution in [0.25, 0.3) is 0 Å². The molecule has 0 bridgehead atoms. The molecule has 0 spiro atoms. The van der Waals surface area contributed by atoms with Gasteiger partial charge < -0.3 is 14.8 Å². The van der Waals surface area contributed by atoms with Crippen molar-refractivity contribution in [1.29, 1.82) is 0 Å². The van der Waals surface area contributed by atoms with Gasteiger partial charge in [0.25, 0.3) is 0 Å². The van der Waals surface area contributed by atoms with E-state index >= 15 is 0 Å². The number of hydrogen-bond acceptors (Lipinski definition) is 3. The van der Waals surface area contributed by atoms with Crippen molar-refractivity contribution in [2.45, 2.75) is 25.0 Å². The molecule has 1 heterocycles. The molecule has 0 radical (unpaired) electrons. The van der Waals surface area contributed by atoms with E-state index in [0.29, 0.717) is 12.5 Å². The molecule has 0 aromatic heterocycles. The van der Waals surface area contributed by atoms with Gasteiger partial charge in [-0.3, -0.25) is 0 Å². The van der Waals surface area contributed by atoms with Gasteiger partial charge in [-0.2, -0.15) is 0 Å². The molecule has 2 atom stereocenters. The van der Waals surface area contributed by atoms with E-state index in [1.54, 1.807) is 7.11 Å². The first-order valence-corrected chi connectivity index (χ1v) is 7.87. The van der Waals surface area contributed by atoms with Crippen molar-refractivity contribution in [3.8, 4) is 5.75 Å². The highest BCUT2D eigenvalue weighted by Crippen LogP contribution is 2.28. The van der Waals surface area contributed by atoms with E-state index in [4.69, 9.17) is 9.47 Å². The summed E-state index contributed by atoms with van der Waals surface area (Å²) in [7, 11) is 1.68. The van der Waals surface area contributed by atoms with Gasteiger partial charge in [-0.05, 0) is 36.2 Å². The molecule has 3 rings (SSSR count). The number of rotatable bonds is 5. The quantitative estimate of drug-likeness (QED) is 0.918. The maximum Gasteiger partial charge on any atom is 0.118 e. The lowest BCUT2D eigenvalue weighted by molar-refractivity contribution is 0.0106. The Morgan fingerprint density at radius 2 is 1.82 bits per heavy atom. The fraction of sp³-hybridized carbons (Fsp3) is 0.368. The average Bonchev–Trinajstić information content (AvgIpc) is 2.61. The largest absolute Gasteiger partial charge is 0.497 e. The average molecular weight is 297 g/mol. The van der Waals surface area contributed by atoms with E-state index in [-0.39, 0.29) is 6.10 Å². The first-order valence-electron chi connectivity index (χ1n) is 7.87. The van der Waals surface area contributed by atoms with Crippen molar-refractivity contribution in [1.82, 2.24) is 5.32 Å². The molecule has 1 aliphatic heterocycles. The highest BCUT2D eigenvalue weighted by molar-refractivity contribution is 5.27. The van der Waals surface area contributed by atoms with Gasteiger partial charge in [0.1, 0.15) is 5.75 Å². The zero-order chi connectivity index (χ0) is 15.2. The lowest BCUT2D eigenvalue weighted by Gasteiger charge is -2.32. The molecule has 2 unspecified atom stereocenters. The van der Waals surface area contributed by atoms with Gasteiger partial charge in [-0.25, -0.2) is 0 Å². The summed E-state index contributed by atoms with van der Waals surface area (Å²) in [5, 5.41) is 3.44. The van der Waals surface area contributed by atoms with Crippen molar-refractivity contribution in [2.24, 2.45) is 0 Å². The number of piperidine rings is 1. The second-order valence-electron chi connectivity index (χ2n) is 5.71. The van der Waals surface area contributed by atoms with Gasteiger partial charge in [-0.1, -0.05) is 42.5 Å². The van der Waals surface area contributed by atoms with Crippen LogP contribution in [0.4, 0.5) is 0 Å². The third-order valence-electron chi connectivity index (χ3n) is 4.28. The van der Waals surface area contributed by atoms with Crippen molar-refractivity contribution in [3.63, 3.8) is 0 Å². The molecule has 1 saturated heterocycles. The molecular weight excluding hydrogens is 274 g/mol. The Balaban J connectivity index is 1.64. The minimum Gasteiger partial charge on any atom is -0.497 e. The van der Waals surface area contributed by atoms with Gasteiger partial charge in [0, 0.05) is 12.5 Å². The van der Waals surface area contributed by atoms with Crippen molar-refractivity contribution < 1.29 is 9.47 Å². The van der Waals surface area contributed by atoms with Crippen LogP contribution in [-0.4, -0.2) is 26.3 Å². The lowest BCUT2D eigenvalue weighted by Crippen LogP contribution is -2.40. The lowest BCUT2D eigenvalue weighted by atomic mass is 9.88. The second-order valence-corrected chi connectivity index (χ2v) is 5.71. The maximum absolute atomic E-state index is 6.21. The van der Waals surface area contributed by atoms with Crippen molar-refractivity contribution in [2.75, 3.05) is 20.2 Å². The standard InChI is InChI=1S/C19H23NO2/c1-21-17-9-7-15(8-10-17)14-22-19-13-20-12-11-18(19)16-5-3-2-4-6-16/h2-10,18-20H,11-14H2,1H3. The fourth-order valence-electron chi connectivity index (χ4n) is 3.01. The Morgan fingerprint density at radius 1 is 1.05 bits per heavy atom. The summed E-state index contributed by atoms with van der Waals surface area (Å²) in [4.78, 5) is 0. The topological polar surface area (TPSA) is 30.5 Å². The molecule has 3 heteroatoms. The second kappa shape index (κ2) is 7.43. The van der Waals surface area contributed by atoms with Crippen LogP contribution >= 0.6 is 0 Å². The molecule has 0 saturated carbocycles. The molecule has 1 aliphatic rings. The highest BCUT2D eigenvalue weighted by Gasteiger charge is 2.26. The van der Waals surface area contributed by atoms with Crippen LogP contribution in [0.15, 0.2) is 54.6 Å². The summed E-state index contributed by atoms with van der Waals surface area (Å²) in [5.41, 5.74) is 2.56. The van der Waals surface area contributed by atoms with Crippen molar-refractivity contribution in [3.05, 3.63) is 65.7 Å². The zero-order valence-corrected chi connectivity index (χ0v) is 13.0. The number of ether oxygens (including phenoxy) is 2. The SMILES string of the molecule is COc1ccc(COC2CNCCC2c2ccccc2)cc1. The van der Waals surface area contributed by atoms with Crippen molar-refractivity contribution >= 4 is 0 Å². The Hall–Kier alpha value is -1.84. The molecule has 116 valence electrons. The van der Waals surface area contributed by atoms with Crippen LogP contribution in [0.3, 0.4) is 0 Å². The normalized spacial score (nSPS) is 21.5. The van der Waals surface area contributed by atoms with Crippen LogP contribution in [0.5, 0.6) is 5.75 Å². The maximum atomic E-state index is 6.21. The van der Waals surface area contributed by atoms with E-state index in [9.17, 15) is 0 Å². The highest BCUT2D eigenvalue weighted by atomic mass is 16.5. The monoisotopic (exact) mass is 297 g/mol.